The molecule has 1 aromatic carbocycles. The molecule has 2 N–H and O–H groups in total. The van der Waals surface area contributed by atoms with Gasteiger partial charge in [-0.15, -0.1) is 24.0 Å². The molecule has 1 aliphatic carbocycles. The number of guanidine groups is 1. The van der Waals surface area contributed by atoms with Crippen molar-refractivity contribution in [1.29, 1.82) is 0 Å². The first kappa shape index (κ1) is 20.2. The summed E-state index contributed by atoms with van der Waals surface area (Å²) < 4.78 is 0. The topological polar surface area (TPSA) is 39.7 Å². The molecule has 0 amide bonds. The molecule has 1 fully saturated rings. The Morgan fingerprint density at radius 3 is 2.48 bits per heavy atom. The Balaban J connectivity index is 0.00000264. The zero-order chi connectivity index (χ0) is 15.8. The molecule has 0 aliphatic heterocycles. The van der Waals surface area contributed by atoms with Gasteiger partial charge >= 0.3 is 0 Å². The summed E-state index contributed by atoms with van der Waals surface area (Å²) in [4.78, 5) is 7.09. The van der Waals surface area contributed by atoms with Gasteiger partial charge in [-0.2, -0.15) is 0 Å². The Bertz CT molecular complexity index is 455. The fourth-order valence-corrected chi connectivity index (χ4v) is 2.71. The van der Waals surface area contributed by atoms with Gasteiger partial charge in [0.2, 0.25) is 0 Å². The lowest BCUT2D eigenvalue weighted by molar-refractivity contribution is 0.271. The highest BCUT2D eigenvalue weighted by Gasteiger charge is 2.32. The normalized spacial score (nSPS) is 15.9. The van der Waals surface area contributed by atoms with Crippen LogP contribution in [0.15, 0.2) is 35.3 Å². The van der Waals surface area contributed by atoms with E-state index in [9.17, 15) is 0 Å². The molecule has 0 heterocycles. The molecule has 5 heteroatoms. The van der Waals surface area contributed by atoms with E-state index < -0.39 is 0 Å². The summed E-state index contributed by atoms with van der Waals surface area (Å²) in [5.41, 5.74) is 1.36. The largest absolute Gasteiger partial charge is 0.357 e. The van der Waals surface area contributed by atoms with Crippen LogP contribution in [0.2, 0.25) is 0 Å². The smallest absolute Gasteiger partial charge is 0.191 e. The van der Waals surface area contributed by atoms with Crippen LogP contribution in [0, 0.1) is 5.92 Å². The van der Waals surface area contributed by atoms with Crippen LogP contribution in [-0.4, -0.2) is 50.6 Å². The molecular formula is C18H31IN4. The van der Waals surface area contributed by atoms with Crippen LogP contribution in [0.1, 0.15) is 25.3 Å². The maximum Gasteiger partial charge on any atom is 0.191 e. The zero-order valence-corrected chi connectivity index (χ0v) is 16.9. The van der Waals surface area contributed by atoms with E-state index in [1.165, 1.54) is 18.4 Å². The minimum atomic E-state index is 0. The molecule has 0 bridgehead atoms. The van der Waals surface area contributed by atoms with Crippen molar-refractivity contribution >= 4 is 29.9 Å². The van der Waals surface area contributed by atoms with Crippen LogP contribution in [0.4, 0.5) is 0 Å². The maximum atomic E-state index is 4.78. The predicted octanol–water partition coefficient (Wildman–Crippen LogP) is 2.74. The van der Waals surface area contributed by atoms with Crippen molar-refractivity contribution in [3.8, 4) is 0 Å². The number of benzene rings is 1. The van der Waals surface area contributed by atoms with Gasteiger partial charge in [-0.25, -0.2) is 0 Å². The minimum absolute atomic E-state index is 0. The van der Waals surface area contributed by atoms with Crippen molar-refractivity contribution < 1.29 is 0 Å². The molecule has 1 aromatic rings. The van der Waals surface area contributed by atoms with Crippen LogP contribution in [0.25, 0.3) is 0 Å². The number of likely N-dealkylation sites (N-methyl/N-ethyl adjacent to an activating group) is 1. The Morgan fingerprint density at radius 2 is 1.91 bits per heavy atom. The first-order valence-corrected chi connectivity index (χ1v) is 8.43. The second-order valence-electron chi connectivity index (χ2n) is 6.25. The van der Waals surface area contributed by atoms with E-state index in [0.717, 1.165) is 37.9 Å². The van der Waals surface area contributed by atoms with E-state index in [1.54, 1.807) is 0 Å². The van der Waals surface area contributed by atoms with Gasteiger partial charge in [-0.1, -0.05) is 30.3 Å². The third-order valence-corrected chi connectivity index (χ3v) is 4.16. The van der Waals surface area contributed by atoms with Gasteiger partial charge in [0.25, 0.3) is 0 Å². The second kappa shape index (κ2) is 10.9. The van der Waals surface area contributed by atoms with Crippen molar-refractivity contribution in [1.82, 2.24) is 15.5 Å². The molecule has 130 valence electrons. The summed E-state index contributed by atoms with van der Waals surface area (Å²) in [5.74, 6) is 1.77. The summed E-state index contributed by atoms with van der Waals surface area (Å²) in [6.45, 7) is 4.79. The van der Waals surface area contributed by atoms with Gasteiger partial charge in [0, 0.05) is 19.1 Å². The van der Waals surface area contributed by atoms with E-state index in [1.807, 2.05) is 0 Å². The molecule has 0 saturated heterocycles. The molecule has 2 rings (SSSR count). The van der Waals surface area contributed by atoms with Gasteiger partial charge in [0.05, 0.1) is 6.54 Å². The van der Waals surface area contributed by atoms with Crippen LogP contribution >= 0.6 is 24.0 Å². The Kier molecular flexibility index (Phi) is 9.55. The molecule has 1 unspecified atom stereocenters. The number of hydrogen-bond acceptors (Lipinski definition) is 2. The summed E-state index contributed by atoms with van der Waals surface area (Å²) >= 11 is 0. The summed E-state index contributed by atoms with van der Waals surface area (Å²) in [7, 11) is 4.32. The molecule has 1 saturated carbocycles. The lowest BCUT2D eigenvalue weighted by Crippen LogP contribution is -2.40. The quantitative estimate of drug-likeness (QED) is 0.379. The average Bonchev–Trinajstić information content (AvgIpc) is 3.33. The first-order valence-electron chi connectivity index (χ1n) is 8.43. The van der Waals surface area contributed by atoms with Crippen molar-refractivity contribution in [2.75, 3.05) is 33.7 Å². The van der Waals surface area contributed by atoms with E-state index >= 15 is 0 Å². The first-order chi connectivity index (χ1) is 10.7. The van der Waals surface area contributed by atoms with Crippen molar-refractivity contribution in [2.24, 2.45) is 10.9 Å². The Labute approximate surface area is 158 Å². The van der Waals surface area contributed by atoms with Gasteiger partial charge in [0.15, 0.2) is 5.96 Å². The fraction of sp³-hybridized carbons (Fsp3) is 0.611. The Hall–Kier alpha value is -0.820. The van der Waals surface area contributed by atoms with Gasteiger partial charge in [0.1, 0.15) is 0 Å². The van der Waals surface area contributed by atoms with Gasteiger partial charge in [-0.3, -0.25) is 4.99 Å². The summed E-state index contributed by atoms with van der Waals surface area (Å²) in [6, 6.07) is 11.1. The van der Waals surface area contributed by atoms with Crippen LogP contribution in [0.3, 0.4) is 0 Å². The molecule has 0 spiro atoms. The molecule has 23 heavy (non-hydrogen) atoms. The monoisotopic (exact) mass is 430 g/mol. The third kappa shape index (κ3) is 7.52. The average molecular weight is 430 g/mol. The molecule has 4 nitrogen and oxygen atoms in total. The van der Waals surface area contributed by atoms with Crippen molar-refractivity contribution in [2.45, 2.75) is 32.2 Å². The van der Waals surface area contributed by atoms with Gasteiger partial charge < -0.3 is 15.5 Å². The lowest BCUT2D eigenvalue weighted by atomic mass is 10.1. The third-order valence-electron chi connectivity index (χ3n) is 4.16. The highest BCUT2D eigenvalue weighted by atomic mass is 127. The predicted molar refractivity (Wildman–Crippen MR) is 110 cm³/mol. The number of nitrogens with zero attached hydrogens (tertiary/aromatic N) is 2. The minimum Gasteiger partial charge on any atom is -0.357 e. The number of rotatable bonds is 8. The number of aliphatic imine (C=N–C) groups is 1. The van der Waals surface area contributed by atoms with E-state index in [2.05, 4.69) is 66.9 Å². The summed E-state index contributed by atoms with van der Waals surface area (Å²) in [6.07, 6.45) is 3.73. The molecular weight excluding hydrogens is 399 g/mol. The molecule has 0 radical (unpaired) electrons. The standard InChI is InChI=1S/C18H30N4.HI/c1-4-19-18(20-13-12-15-8-6-5-7-9-15)21-14-17(22(2)3)16-10-11-16;/h5-9,16-17H,4,10-14H2,1-3H3,(H2,19,20,21);1H. The second-order valence-corrected chi connectivity index (χ2v) is 6.25. The van der Waals surface area contributed by atoms with Crippen LogP contribution in [-0.2, 0) is 6.42 Å². The number of halogens is 1. The SMILES string of the molecule is CCNC(=NCC(C1CC1)N(C)C)NCCc1ccccc1.I. The highest BCUT2D eigenvalue weighted by molar-refractivity contribution is 14.0. The maximum absolute atomic E-state index is 4.78. The van der Waals surface area contributed by atoms with Crippen LogP contribution in [0.5, 0.6) is 0 Å². The van der Waals surface area contributed by atoms with Crippen LogP contribution < -0.4 is 10.6 Å². The van der Waals surface area contributed by atoms with Gasteiger partial charge in [-0.05, 0) is 51.8 Å². The van der Waals surface area contributed by atoms with Crippen molar-refractivity contribution in [3.63, 3.8) is 0 Å². The molecule has 0 aromatic heterocycles. The molecule has 1 atom stereocenters. The fourth-order valence-electron chi connectivity index (χ4n) is 2.71. The van der Waals surface area contributed by atoms with E-state index in [4.69, 9.17) is 4.99 Å². The number of nitrogens with one attached hydrogen (secondary N) is 2. The van der Waals surface area contributed by atoms with E-state index in [0.29, 0.717) is 6.04 Å². The van der Waals surface area contributed by atoms with Crippen molar-refractivity contribution in [3.05, 3.63) is 35.9 Å². The highest BCUT2D eigenvalue weighted by Crippen LogP contribution is 2.34. The number of hydrogen-bond donors (Lipinski definition) is 2. The van der Waals surface area contributed by atoms with E-state index in [-0.39, 0.29) is 24.0 Å². The summed E-state index contributed by atoms with van der Waals surface area (Å²) in [5, 5.41) is 6.79. The zero-order valence-electron chi connectivity index (χ0n) is 14.6. The Morgan fingerprint density at radius 1 is 1.22 bits per heavy atom. The lowest BCUT2D eigenvalue weighted by Gasteiger charge is -2.23. The molecule has 1 aliphatic rings.